The van der Waals surface area contributed by atoms with Crippen molar-refractivity contribution in [3.63, 3.8) is 0 Å². The number of nitrogens with zero attached hydrogens (tertiary/aromatic N) is 1. The molecular weight excluding hydrogens is 227 g/mol. The first kappa shape index (κ1) is 12.1. The van der Waals surface area contributed by atoms with Crippen LogP contribution in [0.25, 0.3) is 0 Å². The smallest absolute Gasteiger partial charge is 0.125 e. The Kier molecular flexibility index (Phi) is 3.59. The van der Waals surface area contributed by atoms with E-state index in [-0.39, 0.29) is 5.82 Å². The molecule has 0 spiro atoms. The van der Waals surface area contributed by atoms with Crippen LogP contribution in [-0.4, -0.2) is 0 Å². The standard InChI is InChI=1S/C15H13FN2/c1-11-5-6-14(16)8-15(11)18-10-13-4-2-3-12(7-13)9-17/h2-8,18H,10H2,1H3. The molecule has 18 heavy (non-hydrogen) atoms. The van der Waals surface area contributed by atoms with Crippen LogP contribution in [0.15, 0.2) is 42.5 Å². The van der Waals surface area contributed by atoms with Gasteiger partial charge in [0.1, 0.15) is 5.82 Å². The van der Waals surface area contributed by atoms with Gasteiger partial charge < -0.3 is 5.32 Å². The Bertz CT molecular complexity index is 600. The van der Waals surface area contributed by atoms with Crippen molar-refractivity contribution >= 4 is 5.69 Å². The Morgan fingerprint density at radius 3 is 2.83 bits per heavy atom. The second-order valence-electron chi connectivity index (χ2n) is 4.12. The lowest BCUT2D eigenvalue weighted by atomic mass is 10.1. The summed E-state index contributed by atoms with van der Waals surface area (Å²) in [6.45, 7) is 2.49. The van der Waals surface area contributed by atoms with E-state index in [1.807, 2.05) is 25.1 Å². The molecule has 2 nitrogen and oxygen atoms in total. The van der Waals surface area contributed by atoms with Gasteiger partial charge >= 0.3 is 0 Å². The molecule has 0 unspecified atom stereocenters. The second-order valence-corrected chi connectivity index (χ2v) is 4.12. The third-order valence-corrected chi connectivity index (χ3v) is 2.74. The molecule has 90 valence electrons. The molecule has 0 aliphatic rings. The van der Waals surface area contributed by atoms with Crippen LogP contribution in [-0.2, 0) is 6.54 Å². The number of rotatable bonds is 3. The van der Waals surface area contributed by atoms with Gasteiger partial charge in [-0.15, -0.1) is 0 Å². The predicted molar refractivity (Wildman–Crippen MR) is 69.6 cm³/mol. The van der Waals surface area contributed by atoms with E-state index in [1.165, 1.54) is 12.1 Å². The molecule has 0 radical (unpaired) electrons. The van der Waals surface area contributed by atoms with Crippen LogP contribution >= 0.6 is 0 Å². The highest BCUT2D eigenvalue weighted by atomic mass is 19.1. The first-order valence-corrected chi connectivity index (χ1v) is 5.68. The molecule has 1 N–H and O–H groups in total. The van der Waals surface area contributed by atoms with E-state index < -0.39 is 0 Å². The Labute approximate surface area is 106 Å². The van der Waals surface area contributed by atoms with Crippen LogP contribution in [0.5, 0.6) is 0 Å². The average Bonchev–Trinajstić information content (AvgIpc) is 2.40. The van der Waals surface area contributed by atoms with Crippen LogP contribution in [0.4, 0.5) is 10.1 Å². The molecule has 3 heteroatoms. The van der Waals surface area contributed by atoms with E-state index in [4.69, 9.17) is 5.26 Å². The minimum absolute atomic E-state index is 0.256. The molecule has 0 amide bonds. The Hall–Kier alpha value is -2.34. The summed E-state index contributed by atoms with van der Waals surface area (Å²) in [4.78, 5) is 0. The number of anilines is 1. The molecule has 2 aromatic carbocycles. The quantitative estimate of drug-likeness (QED) is 0.889. The van der Waals surface area contributed by atoms with E-state index in [0.29, 0.717) is 12.1 Å². The van der Waals surface area contributed by atoms with Gasteiger partial charge in [0, 0.05) is 12.2 Å². The van der Waals surface area contributed by atoms with Crippen molar-refractivity contribution in [1.82, 2.24) is 0 Å². The highest BCUT2D eigenvalue weighted by Crippen LogP contribution is 2.17. The lowest BCUT2D eigenvalue weighted by molar-refractivity contribution is 0.628. The molecule has 2 rings (SSSR count). The third kappa shape index (κ3) is 2.86. The maximum absolute atomic E-state index is 13.1. The molecule has 0 aliphatic heterocycles. The SMILES string of the molecule is Cc1ccc(F)cc1NCc1cccc(C#N)c1. The normalized spacial score (nSPS) is 9.83. The maximum atomic E-state index is 13.1. The highest BCUT2D eigenvalue weighted by molar-refractivity contribution is 5.51. The lowest BCUT2D eigenvalue weighted by Gasteiger charge is -2.09. The first-order chi connectivity index (χ1) is 8.69. The van der Waals surface area contributed by atoms with Crippen LogP contribution < -0.4 is 5.32 Å². The van der Waals surface area contributed by atoms with Crippen LogP contribution in [0.1, 0.15) is 16.7 Å². The molecule has 2 aromatic rings. The molecule has 0 bridgehead atoms. The topological polar surface area (TPSA) is 35.8 Å². The molecule has 0 heterocycles. The molecule has 0 fully saturated rings. The minimum atomic E-state index is -0.256. The zero-order valence-electron chi connectivity index (χ0n) is 10.1. The number of nitrogens with one attached hydrogen (secondary N) is 1. The van der Waals surface area contributed by atoms with Crippen molar-refractivity contribution in [3.8, 4) is 6.07 Å². The number of hydrogen-bond acceptors (Lipinski definition) is 2. The highest BCUT2D eigenvalue weighted by Gasteiger charge is 2.01. The Morgan fingerprint density at radius 2 is 2.06 bits per heavy atom. The zero-order valence-corrected chi connectivity index (χ0v) is 10.1. The monoisotopic (exact) mass is 240 g/mol. The first-order valence-electron chi connectivity index (χ1n) is 5.68. The number of aryl methyl sites for hydroxylation is 1. The summed E-state index contributed by atoms with van der Waals surface area (Å²) in [6, 6.07) is 14.1. The van der Waals surface area contributed by atoms with Gasteiger partial charge in [-0.2, -0.15) is 5.26 Å². The number of hydrogen-bond donors (Lipinski definition) is 1. The third-order valence-electron chi connectivity index (χ3n) is 2.74. The van der Waals surface area contributed by atoms with Gasteiger partial charge in [-0.25, -0.2) is 4.39 Å². The summed E-state index contributed by atoms with van der Waals surface area (Å²) in [5, 5.41) is 12.0. The summed E-state index contributed by atoms with van der Waals surface area (Å²) >= 11 is 0. The second kappa shape index (κ2) is 5.33. The summed E-state index contributed by atoms with van der Waals surface area (Å²) in [5.74, 6) is -0.256. The summed E-state index contributed by atoms with van der Waals surface area (Å²) in [6.07, 6.45) is 0. The molecule has 0 atom stereocenters. The largest absolute Gasteiger partial charge is 0.381 e. The van der Waals surface area contributed by atoms with Crippen LogP contribution in [0.3, 0.4) is 0 Å². The lowest BCUT2D eigenvalue weighted by Crippen LogP contribution is -2.01. The van der Waals surface area contributed by atoms with E-state index >= 15 is 0 Å². The Balaban J connectivity index is 2.11. The zero-order chi connectivity index (χ0) is 13.0. The van der Waals surface area contributed by atoms with Crippen LogP contribution in [0, 0.1) is 24.1 Å². The van der Waals surface area contributed by atoms with E-state index in [2.05, 4.69) is 11.4 Å². The average molecular weight is 240 g/mol. The van der Waals surface area contributed by atoms with Gasteiger partial charge in [0.15, 0.2) is 0 Å². The maximum Gasteiger partial charge on any atom is 0.125 e. The van der Waals surface area contributed by atoms with Gasteiger partial charge in [-0.05, 0) is 42.3 Å². The summed E-state index contributed by atoms with van der Waals surface area (Å²) < 4.78 is 13.1. The molecule has 0 aromatic heterocycles. The fraction of sp³-hybridized carbons (Fsp3) is 0.133. The molecule has 0 aliphatic carbocycles. The van der Waals surface area contributed by atoms with Gasteiger partial charge in [0.25, 0.3) is 0 Å². The van der Waals surface area contributed by atoms with E-state index in [1.54, 1.807) is 12.1 Å². The van der Waals surface area contributed by atoms with Crippen molar-refractivity contribution < 1.29 is 4.39 Å². The van der Waals surface area contributed by atoms with Crippen molar-refractivity contribution in [3.05, 3.63) is 65.0 Å². The Morgan fingerprint density at radius 1 is 1.22 bits per heavy atom. The number of benzene rings is 2. The predicted octanol–water partition coefficient (Wildman–Crippen LogP) is 3.62. The van der Waals surface area contributed by atoms with Gasteiger partial charge in [-0.1, -0.05) is 18.2 Å². The van der Waals surface area contributed by atoms with Gasteiger partial charge in [0.05, 0.1) is 11.6 Å². The molecular formula is C15H13FN2. The van der Waals surface area contributed by atoms with E-state index in [0.717, 1.165) is 16.8 Å². The van der Waals surface area contributed by atoms with Gasteiger partial charge in [-0.3, -0.25) is 0 Å². The number of nitriles is 1. The summed E-state index contributed by atoms with van der Waals surface area (Å²) in [7, 11) is 0. The summed E-state index contributed by atoms with van der Waals surface area (Å²) in [5.41, 5.74) is 3.40. The van der Waals surface area contributed by atoms with Crippen molar-refractivity contribution in [2.75, 3.05) is 5.32 Å². The fourth-order valence-electron chi connectivity index (χ4n) is 1.73. The minimum Gasteiger partial charge on any atom is -0.381 e. The fourth-order valence-corrected chi connectivity index (χ4v) is 1.73. The van der Waals surface area contributed by atoms with Crippen molar-refractivity contribution in [2.45, 2.75) is 13.5 Å². The van der Waals surface area contributed by atoms with Gasteiger partial charge in [0.2, 0.25) is 0 Å². The van der Waals surface area contributed by atoms with Crippen molar-refractivity contribution in [2.24, 2.45) is 0 Å². The molecule has 0 saturated carbocycles. The number of halogens is 1. The molecule has 0 saturated heterocycles. The van der Waals surface area contributed by atoms with Crippen LogP contribution in [0.2, 0.25) is 0 Å². The van der Waals surface area contributed by atoms with Crippen molar-refractivity contribution in [1.29, 1.82) is 5.26 Å². The van der Waals surface area contributed by atoms with E-state index in [9.17, 15) is 4.39 Å².